The first-order chi connectivity index (χ1) is 10.3. The summed E-state index contributed by atoms with van der Waals surface area (Å²) in [5.41, 5.74) is 0. The first-order valence-corrected chi connectivity index (χ1v) is 8.80. The molecule has 21 heavy (non-hydrogen) atoms. The van der Waals surface area contributed by atoms with Crippen LogP contribution in [0.3, 0.4) is 0 Å². The summed E-state index contributed by atoms with van der Waals surface area (Å²) in [5, 5.41) is 3.70. The van der Waals surface area contributed by atoms with Crippen molar-refractivity contribution in [1.29, 1.82) is 0 Å². The van der Waals surface area contributed by atoms with Crippen molar-refractivity contribution >= 4 is 0 Å². The fourth-order valence-electron chi connectivity index (χ4n) is 3.06. The number of piperidine rings is 1. The van der Waals surface area contributed by atoms with E-state index < -0.39 is 0 Å². The summed E-state index contributed by atoms with van der Waals surface area (Å²) in [6.45, 7) is 11.9. The number of unbranched alkanes of at least 4 members (excludes halogenated alkanes) is 1. The van der Waals surface area contributed by atoms with Crippen LogP contribution in [0.1, 0.15) is 46.0 Å². The predicted octanol–water partition coefficient (Wildman–Crippen LogP) is 2.53. The van der Waals surface area contributed by atoms with E-state index in [4.69, 9.17) is 9.47 Å². The lowest BCUT2D eigenvalue weighted by atomic mass is 9.90. The van der Waals surface area contributed by atoms with Gasteiger partial charge in [-0.3, -0.25) is 0 Å². The minimum absolute atomic E-state index is 0.656. The van der Waals surface area contributed by atoms with Crippen molar-refractivity contribution in [3.05, 3.63) is 0 Å². The van der Waals surface area contributed by atoms with Crippen LogP contribution in [0.2, 0.25) is 0 Å². The van der Waals surface area contributed by atoms with Crippen molar-refractivity contribution in [3.63, 3.8) is 0 Å². The zero-order valence-electron chi connectivity index (χ0n) is 14.4. The number of hydrogen-bond donors (Lipinski definition) is 1. The summed E-state index contributed by atoms with van der Waals surface area (Å²) < 4.78 is 10.4. The van der Waals surface area contributed by atoms with E-state index >= 15 is 0 Å². The fourth-order valence-corrected chi connectivity index (χ4v) is 3.06. The Morgan fingerprint density at radius 2 is 1.90 bits per heavy atom. The van der Waals surface area contributed by atoms with Crippen LogP contribution in [0.15, 0.2) is 0 Å². The SMILES string of the molecule is CCCN1CCC(C(C)NCCCCOCCOC)CC1. The van der Waals surface area contributed by atoms with Crippen molar-refractivity contribution in [2.75, 3.05) is 53.1 Å². The molecular formula is C17H36N2O2. The minimum Gasteiger partial charge on any atom is -0.382 e. The topological polar surface area (TPSA) is 33.7 Å². The van der Waals surface area contributed by atoms with Crippen LogP contribution in [0.5, 0.6) is 0 Å². The van der Waals surface area contributed by atoms with Gasteiger partial charge in [0.15, 0.2) is 0 Å². The number of likely N-dealkylation sites (tertiary alicyclic amines) is 1. The molecular weight excluding hydrogens is 264 g/mol. The molecule has 0 spiro atoms. The molecule has 0 aromatic heterocycles. The normalized spacial score (nSPS) is 19.0. The third-order valence-electron chi connectivity index (χ3n) is 4.49. The molecule has 1 N–H and O–H groups in total. The van der Waals surface area contributed by atoms with E-state index in [0.29, 0.717) is 12.6 Å². The van der Waals surface area contributed by atoms with Crippen LogP contribution in [0.25, 0.3) is 0 Å². The molecule has 1 heterocycles. The predicted molar refractivity (Wildman–Crippen MR) is 88.8 cm³/mol. The molecule has 0 aromatic rings. The number of rotatable bonds is 12. The van der Waals surface area contributed by atoms with Gasteiger partial charge in [0, 0.05) is 19.8 Å². The van der Waals surface area contributed by atoms with Crippen molar-refractivity contribution < 1.29 is 9.47 Å². The zero-order valence-corrected chi connectivity index (χ0v) is 14.4. The Balaban J connectivity index is 1.95. The summed E-state index contributed by atoms with van der Waals surface area (Å²) in [4.78, 5) is 2.61. The maximum atomic E-state index is 5.47. The molecule has 1 aliphatic rings. The molecule has 1 unspecified atom stereocenters. The lowest BCUT2D eigenvalue weighted by molar-refractivity contribution is 0.0686. The first-order valence-electron chi connectivity index (χ1n) is 8.80. The van der Waals surface area contributed by atoms with E-state index in [2.05, 4.69) is 24.1 Å². The molecule has 1 aliphatic heterocycles. The highest BCUT2D eigenvalue weighted by Crippen LogP contribution is 2.20. The van der Waals surface area contributed by atoms with Gasteiger partial charge in [0.2, 0.25) is 0 Å². The smallest absolute Gasteiger partial charge is 0.0700 e. The second-order valence-corrected chi connectivity index (χ2v) is 6.23. The second-order valence-electron chi connectivity index (χ2n) is 6.23. The quantitative estimate of drug-likeness (QED) is 0.562. The average Bonchev–Trinajstić information content (AvgIpc) is 2.51. The van der Waals surface area contributed by atoms with Crippen LogP contribution in [0.4, 0.5) is 0 Å². The van der Waals surface area contributed by atoms with Crippen LogP contribution in [-0.2, 0) is 9.47 Å². The molecule has 4 nitrogen and oxygen atoms in total. The average molecular weight is 300 g/mol. The lowest BCUT2D eigenvalue weighted by Gasteiger charge is -2.35. The van der Waals surface area contributed by atoms with Crippen LogP contribution in [-0.4, -0.2) is 64.1 Å². The Kier molecular flexibility index (Phi) is 11.1. The van der Waals surface area contributed by atoms with Crippen molar-refractivity contribution in [1.82, 2.24) is 10.2 Å². The summed E-state index contributed by atoms with van der Waals surface area (Å²) in [7, 11) is 1.71. The standard InChI is InChI=1S/C17H36N2O2/c1-4-10-19-11-7-17(8-12-19)16(2)18-9-5-6-13-21-15-14-20-3/h16-18H,4-15H2,1-3H3. The third-order valence-corrected chi connectivity index (χ3v) is 4.49. The van der Waals surface area contributed by atoms with Crippen molar-refractivity contribution in [2.45, 2.75) is 52.0 Å². The van der Waals surface area contributed by atoms with E-state index in [1.807, 2.05) is 0 Å². The molecule has 126 valence electrons. The molecule has 1 rings (SSSR count). The van der Waals surface area contributed by atoms with Gasteiger partial charge in [0.05, 0.1) is 13.2 Å². The van der Waals surface area contributed by atoms with Gasteiger partial charge in [0.25, 0.3) is 0 Å². The van der Waals surface area contributed by atoms with Gasteiger partial charge in [-0.05, 0) is 71.1 Å². The summed E-state index contributed by atoms with van der Waals surface area (Å²) in [5.74, 6) is 0.857. The summed E-state index contributed by atoms with van der Waals surface area (Å²) >= 11 is 0. The summed E-state index contributed by atoms with van der Waals surface area (Å²) in [6, 6.07) is 0.656. The third kappa shape index (κ3) is 8.77. The van der Waals surface area contributed by atoms with Crippen LogP contribution >= 0.6 is 0 Å². The molecule has 1 saturated heterocycles. The molecule has 1 atom stereocenters. The van der Waals surface area contributed by atoms with Crippen LogP contribution in [0, 0.1) is 5.92 Å². The summed E-state index contributed by atoms with van der Waals surface area (Å²) in [6.07, 6.45) is 6.33. The highest BCUT2D eigenvalue weighted by molar-refractivity contribution is 4.79. The maximum Gasteiger partial charge on any atom is 0.0700 e. The minimum atomic E-state index is 0.656. The van der Waals surface area contributed by atoms with Crippen molar-refractivity contribution in [3.8, 4) is 0 Å². The molecule has 0 radical (unpaired) electrons. The molecule has 0 bridgehead atoms. The lowest BCUT2D eigenvalue weighted by Crippen LogP contribution is -2.42. The highest BCUT2D eigenvalue weighted by Gasteiger charge is 2.22. The Morgan fingerprint density at radius 1 is 1.14 bits per heavy atom. The number of methoxy groups -OCH3 is 1. The zero-order chi connectivity index (χ0) is 15.3. The number of nitrogens with one attached hydrogen (secondary N) is 1. The molecule has 0 saturated carbocycles. The Bertz CT molecular complexity index is 231. The van der Waals surface area contributed by atoms with Gasteiger partial charge in [0.1, 0.15) is 0 Å². The largest absolute Gasteiger partial charge is 0.382 e. The first kappa shape index (κ1) is 18.9. The highest BCUT2D eigenvalue weighted by atomic mass is 16.5. The fraction of sp³-hybridized carbons (Fsp3) is 1.00. The van der Waals surface area contributed by atoms with E-state index in [1.165, 1.54) is 45.3 Å². The van der Waals surface area contributed by atoms with Gasteiger partial charge in [-0.15, -0.1) is 0 Å². The van der Waals surface area contributed by atoms with Gasteiger partial charge in [-0.1, -0.05) is 6.92 Å². The molecule has 0 amide bonds. The molecule has 0 aromatic carbocycles. The van der Waals surface area contributed by atoms with Gasteiger partial charge < -0.3 is 19.7 Å². The molecule has 4 heteroatoms. The molecule has 1 fully saturated rings. The van der Waals surface area contributed by atoms with Gasteiger partial charge in [-0.25, -0.2) is 0 Å². The van der Waals surface area contributed by atoms with E-state index in [-0.39, 0.29) is 0 Å². The maximum absolute atomic E-state index is 5.47. The Morgan fingerprint density at radius 3 is 2.57 bits per heavy atom. The number of hydrogen-bond acceptors (Lipinski definition) is 4. The number of nitrogens with zero attached hydrogens (tertiary/aromatic N) is 1. The number of ether oxygens (including phenoxy) is 2. The van der Waals surface area contributed by atoms with Gasteiger partial charge in [-0.2, -0.15) is 0 Å². The van der Waals surface area contributed by atoms with E-state index in [0.717, 1.165) is 32.1 Å². The van der Waals surface area contributed by atoms with Crippen LogP contribution < -0.4 is 5.32 Å². The van der Waals surface area contributed by atoms with Crippen molar-refractivity contribution in [2.24, 2.45) is 5.92 Å². The Hall–Kier alpha value is -0.160. The Labute approximate surface area is 131 Å². The second kappa shape index (κ2) is 12.4. The van der Waals surface area contributed by atoms with E-state index in [9.17, 15) is 0 Å². The van der Waals surface area contributed by atoms with Gasteiger partial charge >= 0.3 is 0 Å². The monoisotopic (exact) mass is 300 g/mol. The van der Waals surface area contributed by atoms with E-state index in [1.54, 1.807) is 7.11 Å². The molecule has 0 aliphatic carbocycles.